The van der Waals surface area contributed by atoms with E-state index in [1.807, 2.05) is 0 Å². The van der Waals surface area contributed by atoms with Gasteiger partial charge in [0.1, 0.15) is 0 Å². The maximum atomic E-state index is 3.25. The summed E-state index contributed by atoms with van der Waals surface area (Å²) >= 11 is 0. The molecule has 15 valence electrons. The van der Waals surface area contributed by atoms with Crippen LogP contribution < -0.4 is 51.4 Å². The Morgan fingerprint density at radius 3 is 1.25 bits per heavy atom. The van der Waals surface area contributed by atoms with Crippen molar-refractivity contribution < 1.29 is 51.4 Å². The Bertz CT molecular complexity index is 4.00. The second-order valence-electron chi connectivity index (χ2n) is 0. The van der Waals surface area contributed by atoms with E-state index in [4.69, 9.17) is 0 Å². The zero-order valence-electron chi connectivity index (χ0n) is 3.71. The van der Waals surface area contributed by atoms with Crippen molar-refractivity contribution in [2.45, 2.75) is 6.92 Å². The Kier molecular flexibility index (Phi) is 63.8. The fourth-order valence-corrected chi connectivity index (χ4v) is 0. The van der Waals surface area contributed by atoms with Gasteiger partial charge in [-0.25, -0.2) is 0 Å². The molecule has 0 atom stereocenters. The van der Waals surface area contributed by atoms with E-state index in [2.05, 4.69) is 6.92 Å². The normalized spacial score (nSPS) is 1.50. The zero-order chi connectivity index (χ0) is 2.00. The van der Waals surface area contributed by atoms with Crippen molar-refractivity contribution in [2.24, 2.45) is 0 Å². The molecule has 0 nitrogen and oxygen atoms in total. The molecule has 0 fully saturated rings. The minimum atomic E-state index is 0. The molecule has 1 radical (unpaired) electrons. The molecule has 0 aliphatic heterocycles. The van der Waals surface area contributed by atoms with Crippen LogP contribution in [0.3, 0.4) is 0 Å². The molecule has 0 N–H and O–H groups in total. The van der Waals surface area contributed by atoms with Gasteiger partial charge in [-0.05, 0) is 0 Å². The van der Waals surface area contributed by atoms with E-state index < -0.39 is 0 Å². The summed E-state index contributed by atoms with van der Waals surface area (Å²) in [6.07, 6.45) is 0. The van der Waals surface area contributed by atoms with Crippen LogP contribution in [-0.4, -0.2) is 51.4 Å². The molecule has 0 aliphatic carbocycles. The molecule has 0 aromatic heterocycles. The SMILES string of the molecule is [CH2-]C.[K+].[K]. The summed E-state index contributed by atoms with van der Waals surface area (Å²) < 4.78 is 0. The molecular formula is C2H5K2. The van der Waals surface area contributed by atoms with E-state index in [1.54, 1.807) is 6.92 Å². The van der Waals surface area contributed by atoms with Gasteiger partial charge in [-0.2, -0.15) is 6.92 Å². The summed E-state index contributed by atoms with van der Waals surface area (Å²) in [6, 6.07) is 0. The van der Waals surface area contributed by atoms with Crippen molar-refractivity contribution in [3.63, 3.8) is 0 Å². The van der Waals surface area contributed by atoms with Crippen LogP contribution in [0, 0.1) is 6.92 Å². The Labute approximate surface area is 113 Å². The van der Waals surface area contributed by atoms with Crippen LogP contribution in [0.5, 0.6) is 0 Å². The van der Waals surface area contributed by atoms with Crippen LogP contribution in [0.25, 0.3) is 0 Å². The minimum Gasteiger partial charge on any atom is -0.346 e. The fraction of sp³-hybridized carbons (Fsp3) is 0.500. The fourth-order valence-electron chi connectivity index (χ4n) is 0. The average molecular weight is 107 g/mol. The second-order valence-corrected chi connectivity index (χ2v) is 0. The van der Waals surface area contributed by atoms with Gasteiger partial charge in [-0.1, -0.05) is 0 Å². The van der Waals surface area contributed by atoms with Gasteiger partial charge >= 0.3 is 51.4 Å². The summed E-state index contributed by atoms with van der Waals surface area (Å²) in [4.78, 5) is 0. The van der Waals surface area contributed by atoms with Crippen LogP contribution in [0.1, 0.15) is 6.92 Å². The third kappa shape index (κ3) is 8.99. The molecule has 0 aromatic carbocycles. The van der Waals surface area contributed by atoms with Crippen LogP contribution in [-0.2, 0) is 0 Å². The van der Waals surface area contributed by atoms with Gasteiger partial charge in [-0.3, -0.25) is 0 Å². The maximum absolute atomic E-state index is 3.25. The second kappa shape index (κ2) is 16.3. The zero-order valence-corrected chi connectivity index (χ0v) is 9.95. The minimum absolute atomic E-state index is 0. The Morgan fingerprint density at radius 2 is 1.25 bits per heavy atom. The van der Waals surface area contributed by atoms with E-state index in [-0.39, 0.29) is 103 Å². The van der Waals surface area contributed by atoms with E-state index in [0.29, 0.717) is 0 Å². The van der Waals surface area contributed by atoms with Crippen LogP contribution in [0.2, 0.25) is 0 Å². The van der Waals surface area contributed by atoms with Gasteiger partial charge in [-0.15, -0.1) is 0 Å². The number of hydrogen-bond acceptors (Lipinski definition) is 0. The van der Waals surface area contributed by atoms with Crippen LogP contribution in [0.15, 0.2) is 0 Å². The molecule has 0 bridgehead atoms. The first-order valence-electron chi connectivity index (χ1n) is 0.707. The van der Waals surface area contributed by atoms with Gasteiger partial charge in [0.2, 0.25) is 0 Å². The average Bonchev–Trinajstić information content (AvgIpc) is 1.00. The van der Waals surface area contributed by atoms with Crippen LogP contribution in [0.4, 0.5) is 0 Å². The van der Waals surface area contributed by atoms with Crippen molar-refractivity contribution in [2.75, 3.05) is 0 Å². The van der Waals surface area contributed by atoms with Gasteiger partial charge in [0.15, 0.2) is 0 Å². The van der Waals surface area contributed by atoms with Crippen molar-refractivity contribution >= 4 is 51.4 Å². The number of rotatable bonds is 0. The van der Waals surface area contributed by atoms with E-state index >= 15 is 0 Å². The van der Waals surface area contributed by atoms with E-state index in [0.717, 1.165) is 0 Å². The third-order valence-electron chi connectivity index (χ3n) is 0. The van der Waals surface area contributed by atoms with Crippen molar-refractivity contribution in [3.05, 3.63) is 6.92 Å². The number of hydrogen-bond donors (Lipinski definition) is 0. The molecule has 0 heterocycles. The molecule has 0 aliphatic rings. The Hall–Kier alpha value is 3.27. The molecule has 0 amide bonds. The largest absolute Gasteiger partial charge is 1.00 e. The third-order valence-corrected chi connectivity index (χ3v) is 0. The summed E-state index contributed by atoms with van der Waals surface area (Å²) in [6.45, 7) is 5.00. The van der Waals surface area contributed by atoms with Gasteiger partial charge in [0.25, 0.3) is 0 Å². The summed E-state index contributed by atoms with van der Waals surface area (Å²) in [5.41, 5.74) is 0. The molecule has 0 unspecified atom stereocenters. The van der Waals surface area contributed by atoms with E-state index in [1.165, 1.54) is 0 Å². The first kappa shape index (κ1) is 15.7. The van der Waals surface area contributed by atoms with Crippen molar-refractivity contribution in [1.29, 1.82) is 0 Å². The van der Waals surface area contributed by atoms with Gasteiger partial charge in [0.05, 0.1) is 0 Å². The quantitative estimate of drug-likeness (QED) is 0.236. The van der Waals surface area contributed by atoms with E-state index in [9.17, 15) is 0 Å². The first-order chi connectivity index (χ1) is 1.00. The molecule has 0 saturated heterocycles. The topological polar surface area (TPSA) is 0 Å². The van der Waals surface area contributed by atoms with Gasteiger partial charge in [0, 0.05) is 51.4 Å². The Morgan fingerprint density at radius 1 is 1.25 bits per heavy atom. The van der Waals surface area contributed by atoms with Gasteiger partial charge < -0.3 is 6.92 Å². The van der Waals surface area contributed by atoms with Crippen LogP contribution >= 0.6 is 0 Å². The molecule has 4 heavy (non-hydrogen) atoms. The standard InChI is InChI=1S/C2H5.2K/c1-2;;/h1H2,2H3;;/q-1;;+1. The molecular weight excluding hydrogens is 102 g/mol. The summed E-state index contributed by atoms with van der Waals surface area (Å²) in [7, 11) is 0. The monoisotopic (exact) mass is 107 g/mol. The summed E-state index contributed by atoms with van der Waals surface area (Å²) in [5, 5.41) is 0. The predicted octanol–water partition coefficient (Wildman–Crippen LogP) is -2.54. The molecule has 0 saturated carbocycles. The molecule has 0 rings (SSSR count). The molecule has 2 heteroatoms. The molecule has 0 spiro atoms. The predicted molar refractivity (Wildman–Crippen MR) is 16.8 cm³/mol. The first-order valence-corrected chi connectivity index (χ1v) is 0.707. The smallest absolute Gasteiger partial charge is 0.346 e. The molecule has 0 aromatic rings. The maximum Gasteiger partial charge on any atom is 1.00 e. The Balaban J connectivity index is -0.00000000500. The van der Waals surface area contributed by atoms with Crippen molar-refractivity contribution in [1.82, 2.24) is 0 Å². The van der Waals surface area contributed by atoms with Crippen molar-refractivity contribution in [3.8, 4) is 0 Å². The summed E-state index contributed by atoms with van der Waals surface area (Å²) in [5.74, 6) is 0.